The zero-order valence-corrected chi connectivity index (χ0v) is 50.0. The molecule has 1 unspecified atom stereocenters. The third kappa shape index (κ3) is 61.2. The highest BCUT2D eigenvalue weighted by Crippen LogP contribution is 2.17. The van der Waals surface area contributed by atoms with Crippen LogP contribution in [0.25, 0.3) is 0 Å². The number of esters is 3. The summed E-state index contributed by atoms with van der Waals surface area (Å²) >= 11 is 0. The highest BCUT2D eigenvalue weighted by Gasteiger charge is 2.19. The second kappa shape index (κ2) is 63.9. The SMILES string of the molecule is CC/C=C\C/C=C\C/C=C\C/C=C\CCCCCCC(=O)OCC(COC(=O)CCCCCCCCCCCCCCCCCCCCCCCCCC)OC(=O)CCCCCC/C=C\C/C=C\C/C=C\C/C=C\CC. The average Bonchev–Trinajstić information content (AvgIpc) is 3.42. The molecule has 0 aliphatic carbocycles. The molecular formula is C70H120O6. The van der Waals surface area contributed by atoms with Crippen molar-refractivity contribution in [2.45, 2.75) is 316 Å². The van der Waals surface area contributed by atoms with Crippen molar-refractivity contribution >= 4 is 17.9 Å². The fourth-order valence-corrected chi connectivity index (χ4v) is 9.07. The number of ether oxygens (including phenoxy) is 3. The molecule has 0 aliphatic rings. The molecule has 436 valence electrons. The van der Waals surface area contributed by atoms with E-state index >= 15 is 0 Å². The first kappa shape index (κ1) is 72.3. The lowest BCUT2D eigenvalue weighted by atomic mass is 10.0. The minimum atomic E-state index is -0.802. The van der Waals surface area contributed by atoms with E-state index in [1.54, 1.807) is 0 Å². The number of unbranched alkanes of at least 4 members (excludes halogenated alkanes) is 31. The quantitative estimate of drug-likeness (QED) is 0.0261. The lowest BCUT2D eigenvalue weighted by Gasteiger charge is -2.18. The largest absolute Gasteiger partial charge is 0.462 e. The summed E-state index contributed by atoms with van der Waals surface area (Å²) in [7, 11) is 0. The second-order valence-corrected chi connectivity index (χ2v) is 21.3. The smallest absolute Gasteiger partial charge is 0.306 e. The van der Waals surface area contributed by atoms with Crippen LogP contribution in [0.2, 0.25) is 0 Å². The Balaban J connectivity index is 4.37. The maximum atomic E-state index is 12.9. The van der Waals surface area contributed by atoms with Gasteiger partial charge in [0.25, 0.3) is 0 Å². The molecule has 1 atom stereocenters. The Kier molecular flexibility index (Phi) is 60.8. The zero-order chi connectivity index (χ0) is 55.0. The van der Waals surface area contributed by atoms with Crippen molar-refractivity contribution in [2.75, 3.05) is 13.2 Å². The maximum absolute atomic E-state index is 12.9. The topological polar surface area (TPSA) is 78.9 Å². The molecule has 0 N–H and O–H groups in total. The number of hydrogen-bond donors (Lipinski definition) is 0. The fraction of sp³-hybridized carbons (Fsp3) is 0.729. The average molecular weight is 1060 g/mol. The van der Waals surface area contributed by atoms with E-state index < -0.39 is 6.10 Å². The summed E-state index contributed by atoms with van der Waals surface area (Å²) in [6.45, 7) is 6.41. The summed E-state index contributed by atoms with van der Waals surface area (Å²) in [5.74, 6) is -0.932. The van der Waals surface area contributed by atoms with Gasteiger partial charge in [0.2, 0.25) is 0 Å². The van der Waals surface area contributed by atoms with Crippen LogP contribution in [-0.2, 0) is 28.6 Å². The maximum Gasteiger partial charge on any atom is 0.306 e. The molecule has 0 aromatic rings. The molecule has 0 radical (unpaired) electrons. The van der Waals surface area contributed by atoms with E-state index in [-0.39, 0.29) is 31.1 Å². The molecule has 0 aromatic heterocycles. The van der Waals surface area contributed by atoms with Crippen LogP contribution in [0.1, 0.15) is 310 Å². The molecular weight excluding hydrogens is 937 g/mol. The third-order valence-electron chi connectivity index (χ3n) is 13.8. The number of rotatable bonds is 58. The molecule has 0 aromatic carbocycles. The third-order valence-corrected chi connectivity index (χ3v) is 13.8. The van der Waals surface area contributed by atoms with Gasteiger partial charge in [0.05, 0.1) is 0 Å². The number of hydrogen-bond acceptors (Lipinski definition) is 6. The minimum Gasteiger partial charge on any atom is -0.462 e. The Morgan fingerprint density at radius 3 is 0.803 bits per heavy atom. The van der Waals surface area contributed by atoms with Crippen molar-refractivity contribution < 1.29 is 28.6 Å². The van der Waals surface area contributed by atoms with E-state index in [9.17, 15) is 14.4 Å². The highest BCUT2D eigenvalue weighted by atomic mass is 16.6. The summed E-state index contributed by atoms with van der Waals surface area (Å²) in [6.07, 6.45) is 85.6. The van der Waals surface area contributed by atoms with Gasteiger partial charge in [-0.05, 0) is 96.3 Å². The molecule has 0 aliphatic heterocycles. The van der Waals surface area contributed by atoms with Gasteiger partial charge in [-0.1, -0.05) is 291 Å². The van der Waals surface area contributed by atoms with Crippen LogP contribution < -0.4 is 0 Å². The number of carbonyl (C=O) groups excluding carboxylic acids is 3. The molecule has 76 heavy (non-hydrogen) atoms. The van der Waals surface area contributed by atoms with Gasteiger partial charge in [-0.2, -0.15) is 0 Å². The summed E-state index contributed by atoms with van der Waals surface area (Å²) in [5, 5.41) is 0. The van der Waals surface area contributed by atoms with Crippen molar-refractivity contribution in [3.8, 4) is 0 Å². The van der Waals surface area contributed by atoms with Crippen LogP contribution in [0, 0.1) is 0 Å². The van der Waals surface area contributed by atoms with E-state index in [1.165, 1.54) is 135 Å². The van der Waals surface area contributed by atoms with Crippen LogP contribution in [0.15, 0.2) is 97.2 Å². The molecule has 0 saturated heterocycles. The van der Waals surface area contributed by atoms with Crippen molar-refractivity contribution in [3.63, 3.8) is 0 Å². The van der Waals surface area contributed by atoms with Crippen LogP contribution in [0.5, 0.6) is 0 Å². The Hall–Kier alpha value is -3.67. The molecule has 6 nitrogen and oxygen atoms in total. The van der Waals surface area contributed by atoms with Gasteiger partial charge in [0.15, 0.2) is 6.10 Å². The lowest BCUT2D eigenvalue weighted by Crippen LogP contribution is -2.30. The first-order valence-electron chi connectivity index (χ1n) is 32.2. The summed E-state index contributed by atoms with van der Waals surface area (Å²) in [4.78, 5) is 38.3. The van der Waals surface area contributed by atoms with E-state index in [4.69, 9.17) is 14.2 Å². The molecule has 0 bridgehead atoms. The van der Waals surface area contributed by atoms with Crippen molar-refractivity contribution in [1.82, 2.24) is 0 Å². The van der Waals surface area contributed by atoms with Crippen molar-refractivity contribution in [2.24, 2.45) is 0 Å². The molecule has 0 rings (SSSR count). The van der Waals surface area contributed by atoms with Crippen molar-refractivity contribution in [3.05, 3.63) is 97.2 Å². The second-order valence-electron chi connectivity index (χ2n) is 21.3. The van der Waals surface area contributed by atoms with Crippen LogP contribution in [0.4, 0.5) is 0 Å². The lowest BCUT2D eigenvalue weighted by molar-refractivity contribution is -0.167. The summed E-state index contributed by atoms with van der Waals surface area (Å²) < 4.78 is 16.9. The first-order chi connectivity index (χ1) is 37.5. The number of carbonyl (C=O) groups is 3. The van der Waals surface area contributed by atoms with Gasteiger partial charge in [-0.25, -0.2) is 0 Å². The molecule has 6 heteroatoms. The molecule has 0 fully saturated rings. The van der Waals surface area contributed by atoms with Crippen LogP contribution in [0.3, 0.4) is 0 Å². The molecule has 0 spiro atoms. The Labute approximate surface area is 470 Å². The van der Waals surface area contributed by atoms with Gasteiger partial charge in [0, 0.05) is 19.3 Å². The standard InChI is InChI=1S/C70H120O6/c1-4-7-10-13-16-19-22-25-28-31-32-33-34-35-36-37-40-42-45-48-51-54-57-60-63-69(72)75-66-67(76-70(73)64-61-58-55-52-49-46-43-39-30-27-24-21-18-15-12-9-6-3)65-74-68(71)62-59-56-53-50-47-44-41-38-29-26-23-20-17-14-11-8-5-2/h8-9,11-12,17-18,20-21,26-27,29-30,41,43-44,46,67H,4-7,10,13-16,19,22-25,28,31-40,42,45,47-66H2,1-3H3/b11-8-,12-9-,20-17-,21-18-,29-26-,30-27-,44-41-,46-43-. The molecule has 0 saturated carbocycles. The van der Waals surface area contributed by atoms with Crippen LogP contribution >= 0.6 is 0 Å². The Bertz CT molecular complexity index is 1490. The molecule has 0 amide bonds. The van der Waals surface area contributed by atoms with E-state index in [0.717, 1.165) is 135 Å². The van der Waals surface area contributed by atoms with Crippen molar-refractivity contribution in [1.29, 1.82) is 0 Å². The van der Waals surface area contributed by atoms with Gasteiger partial charge in [-0.15, -0.1) is 0 Å². The van der Waals surface area contributed by atoms with Gasteiger partial charge in [0.1, 0.15) is 13.2 Å². The van der Waals surface area contributed by atoms with Crippen LogP contribution in [-0.4, -0.2) is 37.2 Å². The minimum absolute atomic E-state index is 0.0938. The molecule has 0 heterocycles. The van der Waals surface area contributed by atoms with E-state index in [1.807, 2.05) is 0 Å². The predicted molar refractivity (Wildman–Crippen MR) is 330 cm³/mol. The predicted octanol–water partition coefficient (Wildman–Crippen LogP) is 22.0. The summed E-state index contributed by atoms with van der Waals surface area (Å²) in [5.41, 5.74) is 0. The Morgan fingerprint density at radius 1 is 0.276 bits per heavy atom. The monoisotopic (exact) mass is 1060 g/mol. The summed E-state index contributed by atoms with van der Waals surface area (Å²) in [6, 6.07) is 0. The fourth-order valence-electron chi connectivity index (χ4n) is 9.07. The van der Waals surface area contributed by atoms with Gasteiger partial charge < -0.3 is 14.2 Å². The normalized spacial score (nSPS) is 12.7. The zero-order valence-electron chi connectivity index (χ0n) is 50.0. The van der Waals surface area contributed by atoms with Gasteiger partial charge >= 0.3 is 17.9 Å². The van der Waals surface area contributed by atoms with Gasteiger partial charge in [-0.3, -0.25) is 14.4 Å². The Morgan fingerprint density at radius 2 is 0.513 bits per heavy atom. The highest BCUT2D eigenvalue weighted by molar-refractivity contribution is 5.71. The first-order valence-corrected chi connectivity index (χ1v) is 32.2. The van der Waals surface area contributed by atoms with E-state index in [2.05, 4.69) is 118 Å². The van der Waals surface area contributed by atoms with E-state index in [0.29, 0.717) is 19.3 Å². The number of allylic oxidation sites excluding steroid dienone is 16.